The van der Waals surface area contributed by atoms with E-state index in [0.29, 0.717) is 11.0 Å². The first-order chi connectivity index (χ1) is 7.06. The molecule has 3 N–H and O–H groups in total. The number of phenolic OH excluding ortho intramolecular Hbond substituents is 1. The molecule has 0 aliphatic rings. The fourth-order valence-corrected chi connectivity index (χ4v) is 2.57. The standard InChI is InChI=1S/C10H13Br2NO2/c1-6(13-2-3-14)8-4-7(11)5-9(12)10(8)15/h4-6,13-15H,2-3H2,1H3. The Morgan fingerprint density at radius 2 is 2.07 bits per heavy atom. The molecule has 0 spiro atoms. The Kier molecular flexibility index (Phi) is 5.05. The summed E-state index contributed by atoms with van der Waals surface area (Å²) in [5.41, 5.74) is 0.796. The van der Waals surface area contributed by atoms with Gasteiger partial charge >= 0.3 is 0 Å². The maximum atomic E-state index is 9.82. The summed E-state index contributed by atoms with van der Waals surface area (Å²) in [6.07, 6.45) is 0. The molecule has 0 aromatic heterocycles. The van der Waals surface area contributed by atoms with E-state index < -0.39 is 0 Å². The van der Waals surface area contributed by atoms with E-state index >= 15 is 0 Å². The second kappa shape index (κ2) is 5.84. The zero-order valence-electron chi connectivity index (χ0n) is 8.30. The van der Waals surface area contributed by atoms with E-state index in [9.17, 15) is 5.11 Å². The van der Waals surface area contributed by atoms with Gasteiger partial charge in [0.05, 0.1) is 11.1 Å². The molecule has 0 saturated carbocycles. The normalized spacial score (nSPS) is 12.8. The first-order valence-electron chi connectivity index (χ1n) is 4.58. The predicted molar refractivity (Wildman–Crippen MR) is 67.0 cm³/mol. The molecule has 0 aliphatic heterocycles. The molecule has 0 saturated heterocycles. The molecule has 3 nitrogen and oxygen atoms in total. The highest BCUT2D eigenvalue weighted by atomic mass is 79.9. The molecule has 1 aromatic carbocycles. The highest BCUT2D eigenvalue weighted by molar-refractivity contribution is 9.11. The van der Waals surface area contributed by atoms with Crippen LogP contribution in [0, 0.1) is 0 Å². The molecule has 1 rings (SSSR count). The monoisotopic (exact) mass is 337 g/mol. The summed E-state index contributed by atoms with van der Waals surface area (Å²) in [7, 11) is 0. The SMILES string of the molecule is CC(NCCO)c1cc(Br)cc(Br)c1O. The zero-order valence-corrected chi connectivity index (χ0v) is 11.5. The first kappa shape index (κ1) is 13.0. The lowest BCUT2D eigenvalue weighted by Gasteiger charge is -2.16. The number of aliphatic hydroxyl groups is 1. The Bertz CT molecular complexity index is 344. The van der Waals surface area contributed by atoms with Crippen LogP contribution in [0.1, 0.15) is 18.5 Å². The number of hydrogen-bond acceptors (Lipinski definition) is 3. The van der Waals surface area contributed by atoms with E-state index in [1.54, 1.807) is 6.07 Å². The summed E-state index contributed by atoms with van der Waals surface area (Å²) in [5, 5.41) is 21.6. The van der Waals surface area contributed by atoms with Gasteiger partial charge in [0.2, 0.25) is 0 Å². The fraction of sp³-hybridized carbons (Fsp3) is 0.400. The average molecular weight is 339 g/mol. The molecular formula is C10H13Br2NO2. The summed E-state index contributed by atoms with van der Waals surface area (Å²) < 4.78 is 1.56. The number of aliphatic hydroxyl groups excluding tert-OH is 1. The van der Waals surface area contributed by atoms with Crippen molar-refractivity contribution in [2.45, 2.75) is 13.0 Å². The minimum atomic E-state index is -0.00838. The van der Waals surface area contributed by atoms with Crippen LogP contribution in [-0.2, 0) is 0 Å². The first-order valence-corrected chi connectivity index (χ1v) is 6.17. The van der Waals surface area contributed by atoms with Crippen LogP contribution in [0.4, 0.5) is 0 Å². The topological polar surface area (TPSA) is 52.5 Å². The van der Waals surface area contributed by atoms with E-state index in [0.717, 1.165) is 10.0 Å². The van der Waals surface area contributed by atoms with E-state index in [2.05, 4.69) is 37.2 Å². The van der Waals surface area contributed by atoms with Crippen molar-refractivity contribution < 1.29 is 10.2 Å². The number of halogens is 2. The van der Waals surface area contributed by atoms with Gasteiger partial charge in [0.15, 0.2) is 0 Å². The second-order valence-corrected chi connectivity index (χ2v) is 4.99. The van der Waals surface area contributed by atoms with Gasteiger partial charge in [-0.3, -0.25) is 0 Å². The van der Waals surface area contributed by atoms with Crippen LogP contribution in [0.5, 0.6) is 5.75 Å². The minimum absolute atomic E-state index is 0.00838. The highest BCUT2D eigenvalue weighted by Gasteiger charge is 2.13. The van der Waals surface area contributed by atoms with Crippen molar-refractivity contribution in [3.8, 4) is 5.75 Å². The van der Waals surface area contributed by atoms with Crippen molar-refractivity contribution in [3.05, 3.63) is 26.6 Å². The summed E-state index contributed by atoms with van der Waals surface area (Å²) in [5.74, 6) is 0.233. The largest absolute Gasteiger partial charge is 0.506 e. The lowest BCUT2D eigenvalue weighted by Crippen LogP contribution is -2.22. The maximum Gasteiger partial charge on any atom is 0.134 e. The lowest BCUT2D eigenvalue weighted by molar-refractivity contribution is 0.285. The fourth-order valence-electron chi connectivity index (χ4n) is 1.31. The molecule has 1 unspecified atom stereocenters. The number of rotatable bonds is 4. The van der Waals surface area contributed by atoms with Crippen LogP contribution >= 0.6 is 31.9 Å². The molecule has 0 fully saturated rings. The number of phenols is 1. The zero-order chi connectivity index (χ0) is 11.4. The van der Waals surface area contributed by atoms with Crippen molar-refractivity contribution in [2.75, 3.05) is 13.2 Å². The van der Waals surface area contributed by atoms with Gasteiger partial charge in [-0.25, -0.2) is 0 Å². The minimum Gasteiger partial charge on any atom is -0.506 e. The summed E-state index contributed by atoms with van der Waals surface area (Å²) >= 11 is 6.64. The van der Waals surface area contributed by atoms with Crippen molar-refractivity contribution in [1.82, 2.24) is 5.32 Å². The van der Waals surface area contributed by atoms with E-state index in [-0.39, 0.29) is 18.4 Å². The predicted octanol–water partition coefficient (Wildman–Crippen LogP) is 2.56. The van der Waals surface area contributed by atoms with Crippen LogP contribution in [0.15, 0.2) is 21.1 Å². The van der Waals surface area contributed by atoms with Crippen LogP contribution in [0.25, 0.3) is 0 Å². The number of hydrogen-bond donors (Lipinski definition) is 3. The molecule has 0 radical (unpaired) electrons. The molecule has 5 heteroatoms. The van der Waals surface area contributed by atoms with Gasteiger partial charge in [-0.2, -0.15) is 0 Å². The van der Waals surface area contributed by atoms with Crippen molar-refractivity contribution >= 4 is 31.9 Å². The Morgan fingerprint density at radius 3 is 2.67 bits per heavy atom. The number of benzene rings is 1. The number of nitrogens with one attached hydrogen (secondary N) is 1. The van der Waals surface area contributed by atoms with Crippen molar-refractivity contribution in [3.63, 3.8) is 0 Å². The molecule has 1 aromatic rings. The van der Waals surface area contributed by atoms with Gasteiger partial charge in [0.1, 0.15) is 5.75 Å². The molecular weight excluding hydrogens is 326 g/mol. The number of aromatic hydroxyl groups is 1. The summed E-state index contributed by atoms with van der Waals surface area (Å²) in [6, 6.07) is 3.64. The Morgan fingerprint density at radius 1 is 1.40 bits per heavy atom. The molecule has 0 heterocycles. The smallest absolute Gasteiger partial charge is 0.134 e. The Labute approximate surface area is 106 Å². The Hall–Kier alpha value is -0.100. The lowest BCUT2D eigenvalue weighted by atomic mass is 10.1. The van der Waals surface area contributed by atoms with E-state index in [4.69, 9.17) is 5.11 Å². The molecule has 84 valence electrons. The third-order valence-electron chi connectivity index (χ3n) is 2.09. The third kappa shape index (κ3) is 3.45. The molecule has 0 amide bonds. The molecule has 15 heavy (non-hydrogen) atoms. The van der Waals surface area contributed by atoms with Crippen molar-refractivity contribution in [1.29, 1.82) is 0 Å². The van der Waals surface area contributed by atoms with Gasteiger partial charge in [0, 0.05) is 22.6 Å². The molecule has 0 aliphatic carbocycles. The molecule has 1 atom stereocenters. The summed E-state index contributed by atoms with van der Waals surface area (Å²) in [6.45, 7) is 2.52. The van der Waals surface area contributed by atoms with Gasteiger partial charge in [-0.15, -0.1) is 0 Å². The van der Waals surface area contributed by atoms with Crippen LogP contribution < -0.4 is 5.32 Å². The van der Waals surface area contributed by atoms with Crippen LogP contribution in [0.3, 0.4) is 0 Å². The third-order valence-corrected chi connectivity index (χ3v) is 3.15. The van der Waals surface area contributed by atoms with Crippen LogP contribution in [0.2, 0.25) is 0 Å². The van der Waals surface area contributed by atoms with Gasteiger partial charge < -0.3 is 15.5 Å². The Balaban J connectivity index is 2.92. The quantitative estimate of drug-likeness (QED) is 0.790. The van der Waals surface area contributed by atoms with Gasteiger partial charge in [-0.1, -0.05) is 15.9 Å². The van der Waals surface area contributed by atoms with E-state index in [1.165, 1.54) is 0 Å². The summed E-state index contributed by atoms with van der Waals surface area (Å²) in [4.78, 5) is 0. The second-order valence-electron chi connectivity index (χ2n) is 3.22. The van der Waals surface area contributed by atoms with E-state index in [1.807, 2.05) is 13.0 Å². The van der Waals surface area contributed by atoms with Crippen LogP contribution in [-0.4, -0.2) is 23.4 Å². The average Bonchev–Trinajstić information content (AvgIpc) is 2.19. The highest BCUT2D eigenvalue weighted by Crippen LogP contribution is 2.34. The van der Waals surface area contributed by atoms with Gasteiger partial charge in [0.25, 0.3) is 0 Å². The van der Waals surface area contributed by atoms with Gasteiger partial charge in [-0.05, 0) is 35.0 Å². The maximum absolute atomic E-state index is 9.82. The molecule has 0 bridgehead atoms. The van der Waals surface area contributed by atoms with Crippen molar-refractivity contribution in [2.24, 2.45) is 0 Å².